The van der Waals surface area contributed by atoms with Gasteiger partial charge in [0, 0.05) is 6.07 Å². The van der Waals surface area contributed by atoms with Crippen molar-refractivity contribution >= 4 is 61.0 Å². The molecule has 0 fully saturated rings. The summed E-state index contributed by atoms with van der Waals surface area (Å²) >= 11 is 0.965. The minimum absolute atomic E-state index is 0.0131. The van der Waals surface area contributed by atoms with Crippen LogP contribution >= 0.6 is 11.3 Å². The van der Waals surface area contributed by atoms with Crippen molar-refractivity contribution in [1.29, 1.82) is 0 Å². The molecule has 0 bridgehead atoms. The number of fused-ring (bicyclic) bond motifs is 1. The predicted molar refractivity (Wildman–Crippen MR) is 127 cm³/mol. The molecule has 0 aliphatic carbocycles. The number of aryl methyl sites for hydroxylation is 1. The number of carbonyl (C=O) groups excluding carboxylic acids is 4. The van der Waals surface area contributed by atoms with Crippen molar-refractivity contribution in [2.45, 2.75) is 20.4 Å². The van der Waals surface area contributed by atoms with Crippen molar-refractivity contribution in [3.05, 3.63) is 40.4 Å². The van der Waals surface area contributed by atoms with Crippen LogP contribution in [-0.2, 0) is 40.2 Å². The number of nitrogens with zero attached hydrogens (tertiary/aromatic N) is 3. The molecule has 0 aliphatic heterocycles. The van der Waals surface area contributed by atoms with E-state index in [9.17, 15) is 27.6 Å². The number of hydrogen-bond donors (Lipinski definition) is 1. The van der Waals surface area contributed by atoms with Gasteiger partial charge < -0.3 is 23.9 Å². The third-order valence-corrected chi connectivity index (χ3v) is 6.95. The summed E-state index contributed by atoms with van der Waals surface area (Å²) < 4.78 is 41.1. The normalized spacial score (nSPS) is 11.9. The van der Waals surface area contributed by atoms with Gasteiger partial charge in [-0.15, -0.1) is 0 Å². The summed E-state index contributed by atoms with van der Waals surface area (Å²) in [5.41, 5.74) is 0.722. The highest BCUT2D eigenvalue weighted by atomic mass is 32.2. The molecule has 1 aromatic carbocycles. The second-order valence-corrected chi connectivity index (χ2v) is 10.4. The SMILES string of the molecule is CCOC(=O)c1ccc2c(c1)sc(=NC(=O)CS(=O)(=O)CC(=O)Nc1cc(C)on1)n2CC(=O)OC. The van der Waals surface area contributed by atoms with E-state index in [1.807, 2.05) is 0 Å². The first-order chi connectivity index (χ1) is 17.0. The van der Waals surface area contributed by atoms with Gasteiger partial charge in [-0.25, -0.2) is 13.2 Å². The monoisotopic (exact) mass is 538 g/mol. The lowest BCUT2D eigenvalue weighted by molar-refractivity contribution is -0.141. The maximum Gasteiger partial charge on any atom is 0.338 e. The molecular weight excluding hydrogens is 516 g/mol. The Balaban J connectivity index is 1.86. The van der Waals surface area contributed by atoms with Crippen molar-refractivity contribution in [3.63, 3.8) is 0 Å². The number of anilines is 1. The Kier molecular flexibility index (Phi) is 8.37. The fourth-order valence-corrected chi connectivity index (χ4v) is 5.13. The highest BCUT2D eigenvalue weighted by Crippen LogP contribution is 2.20. The number of aromatic nitrogens is 2. The largest absolute Gasteiger partial charge is 0.468 e. The maximum atomic E-state index is 12.5. The van der Waals surface area contributed by atoms with Gasteiger partial charge in [-0.2, -0.15) is 4.99 Å². The number of thiazole rings is 1. The minimum Gasteiger partial charge on any atom is -0.468 e. The molecule has 0 spiro atoms. The van der Waals surface area contributed by atoms with E-state index in [0.717, 1.165) is 11.3 Å². The Morgan fingerprint density at radius 3 is 2.58 bits per heavy atom. The zero-order valence-corrected chi connectivity index (χ0v) is 21.1. The van der Waals surface area contributed by atoms with E-state index in [1.165, 1.54) is 29.9 Å². The Morgan fingerprint density at radius 2 is 1.94 bits per heavy atom. The summed E-state index contributed by atoms with van der Waals surface area (Å²) in [6.45, 7) is 3.14. The highest BCUT2D eigenvalue weighted by molar-refractivity contribution is 7.92. The molecule has 0 radical (unpaired) electrons. The molecule has 3 aromatic rings. The van der Waals surface area contributed by atoms with Crippen molar-refractivity contribution < 1.29 is 41.6 Å². The Hall–Kier alpha value is -3.85. The molecule has 36 heavy (non-hydrogen) atoms. The minimum atomic E-state index is -4.18. The fourth-order valence-electron chi connectivity index (χ4n) is 3.03. The summed E-state index contributed by atoms with van der Waals surface area (Å²) in [4.78, 5) is 52.4. The van der Waals surface area contributed by atoms with Crippen LogP contribution in [-0.4, -0.2) is 67.1 Å². The van der Waals surface area contributed by atoms with Gasteiger partial charge >= 0.3 is 11.9 Å². The molecule has 2 aromatic heterocycles. The number of benzene rings is 1. The number of methoxy groups -OCH3 is 1. The molecule has 2 heterocycles. The number of ether oxygens (including phenoxy) is 2. The van der Waals surface area contributed by atoms with Crippen LogP contribution in [0.3, 0.4) is 0 Å². The zero-order chi connectivity index (χ0) is 26.5. The molecule has 0 atom stereocenters. The Labute approximate surface area is 208 Å². The van der Waals surface area contributed by atoms with E-state index in [1.54, 1.807) is 19.9 Å². The first-order valence-corrected chi connectivity index (χ1v) is 13.0. The molecule has 1 N–H and O–H groups in total. The number of esters is 2. The molecule has 2 amide bonds. The Morgan fingerprint density at radius 1 is 1.19 bits per heavy atom. The van der Waals surface area contributed by atoms with Gasteiger partial charge in [0.15, 0.2) is 20.5 Å². The van der Waals surface area contributed by atoms with Crippen molar-refractivity contribution in [2.75, 3.05) is 30.5 Å². The average molecular weight is 539 g/mol. The number of hydrogen-bond acceptors (Lipinski definition) is 11. The first kappa shape index (κ1) is 26.7. The summed E-state index contributed by atoms with van der Waals surface area (Å²) in [6.07, 6.45) is 0. The lowest BCUT2D eigenvalue weighted by atomic mass is 10.2. The van der Waals surface area contributed by atoms with Gasteiger partial charge in [0.05, 0.1) is 29.5 Å². The van der Waals surface area contributed by atoms with Crippen LogP contribution in [0, 0.1) is 6.92 Å². The average Bonchev–Trinajstić information content (AvgIpc) is 3.34. The van der Waals surface area contributed by atoms with E-state index < -0.39 is 45.1 Å². The van der Waals surface area contributed by atoms with Crippen LogP contribution < -0.4 is 10.1 Å². The van der Waals surface area contributed by atoms with Crippen LogP contribution in [0.25, 0.3) is 10.2 Å². The third kappa shape index (κ3) is 6.85. The molecule has 192 valence electrons. The summed E-state index contributed by atoms with van der Waals surface area (Å²) in [7, 11) is -2.99. The van der Waals surface area contributed by atoms with Crippen molar-refractivity contribution in [3.8, 4) is 0 Å². The van der Waals surface area contributed by atoms with Gasteiger partial charge in [-0.3, -0.25) is 14.4 Å². The van der Waals surface area contributed by atoms with Gasteiger partial charge in [-0.1, -0.05) is 16.5 Å². The molecule has 0 aliphatic rings. The molecule has 0 saturated carbocycles. The zero-order valence-electron chi connectivity index (χ0n) is 19.5. The summed E-state index contributed by atoms with van der Waals surface area (Å²) in [6, 6.07) is 5.96. The number of sulfone groups is 1. The lowest BCUT2D eigenvalue weighted by Crippen LogP contribution is -2.28. The van der Waals surface area contributed by atoms with Crippen LogP contribution in [0.5, 0.6) is 0 Å². The van der Waals surface area contributed by atoms with E-state index in [2.05, 4.69) is 15.5 Å². The predicted octanol–water partition coefficient (Wildman–Crippen LogP) is 0.830. The van der Waals surface area contributed by atoms with Crippen molar-refractivity contribution in [2.24, 2.45) is 4.99 Å². The molecule has 0 unspecified atom stereocenters. The second kappa shape index (κ2) is 11.3. The van der Waals surface area contributed by atoms with E-state index in [0.29, 0.717) is 16.0 Å². The number of rotatable bonds is 9. The van der Waals surface area contributed by atoms with E-state index in [4.69, 9.17) is 14.0 Å². The molecule has 3 rings (SSSR count). The first-order valence-electron chi connectivity index (χ1n) is 10.4. The van der Waals surface area contributed by atoms with Gasteiger partial charge in [0.25, 0.3) is 5.91 Å². The number of amides is 2. The smallest absolute Gasteiger partial charge is 0.338 e. The molecule has 15 heteroatoms. The lowest BCUT2D eigenvalue weighted by Gasteiger charge is -2.05. The number of nitrogens with one attached hydrogen (secondary N) is 1. The summed E-state index contributed by atoms with van der Waals surface area (Å²) in [5, 5.41) is 5.80. The Bertz CT molecular complexity index is 1500. The molecular formula is C21H22N4O9S2. The van der Waals surface area contributed by atoms with E-state index in [-0.39, 0.29) is 29.3 Å². The summed E-state index contributed by atoms with van der Waals surface area (Å²) in [5.74, 6) is -4.69. The quantitative estimate of drug-likeness (QED) is 0.384. The second-order valence-electron chi connectivity index (χ2n) is 7.36. The van der Waals surface area contributed by atoms with Gasteiger partial charge in [0.2, 0.25) is 5.91 Å². The van der Waals surface area contributed by atoms with Crippen LogP contribution in [0.15, 0.2) is 33.8 Å². The third-order valence-electron chi connectivity index (χ3n) is 4.52. The van der Waals surface area contributed by atoms with Gasteiger partial charge in [-0.05, 0) is 32.0 Å². The van der Waals surface area contributed by atoms with Crippen molar-refractivity contribution in [1.82, 2.24) is 9.72 Å². The van der Waals surface area contributed by atoms with E-state index >= 15 is 0 Å². The van der Waals surface area contributed by atoms with Gasteiger partial charge in [0.1, 0.15) is 23.8 Å². The molecule has 13 nitrogen and oxygen atoms in total. The van der Waals surface area contributed by atoms with Crippen LogP contribution in [0.1, 0.15) is 23.0 Å². The maximum absolute atomic E-state index is 12.5. The topological polar surface area (TPSA) is 176 Å². The number of carbonyl (C=O) groups is 4. The van der Waals surface area contributed by atoms with Crippen LogP contribution in [0.4, 0.5) is 5.82 Å². The molecule has 0 saturated heterocycles. The highest BCUT2D eigenvalue weighted by Gasteiger charge is 2.22. The van der Waals surface area contributed by atoms with Crippen LogP contribution in [0.2, 0.25) is 0 Å². The fraction of sp³-hybridized carbons (Fsp3) is 0.333. The standard InChI is InChI=1S/C21H22N4O9S2/c1-4-33-20(29)13-5-6-14-15(8-13)35-21(25(14)9-19(28)32-3)23-18(27)11-36(30,31)10-17(26)22-16-7-12(2)34-24-16/h5-8H,4,9-11H2,1-3H3,(H,22,24,26).